The van der Waals surface area contributed by atoms with Gasteiger partial charge >= 0.3 is 0 Å². The lowest BCUT2D eigenvalue weighted by molar-refractivity contribution is -0.0898. The third kappa shape index (κ3) is 6.01. The van der Waals surface area contributed by atoms with E-state index in [4.69, 9.17) is 24.7 Å². The van der Waals surface area contributed by atoms with Gasteiger partial charge in [-0.15, -0.1) is 0 Å². The number of nitrogens with one attached hydrogen (secondary N) is 1. The first-order valence-corrected chi connectivity index (χ1v) is 12.1. The number of anilines is 1. The van der Waals surface area contributed by atoms with E-state index in [1.807, 2.05) is 91.0 Å². The molecular weight excluding hydrogens is 454 g/mol. The molecule has 0 amide bonds. The van der Waals surface area contributed by atoms with Crippen molar-refractivity contribution in [3.63, 3.8) is 0 Å². The highest BCUT2D eigenvalue weighted by Crippen LogP contribution is 2.40. The van der Waals surface area contributed by atoms with E-state index in [9.17, 15) is 0 Å². The lowest BCUT2D eigenvalue weighted by Crippen LogP contribution is -2.37. The molecule has 1 aromatic heterocycles. The molecule has 4 atom stereocenters. The summed E-state index contributed by atoms with van der Waals surface area (Å²) in [5.41, 5.74) is 10.2. The number of nitrogens with two attached hydrogens (primary N) is 1. The molecule has 0 aliphatic carbocycles. The van der Waals surface area contributed by atoms with E-state index < -0.39 is 12.2 Å². The van der Waals surface area contributed by atoms with Crippen LogP contribution in [0.1, 0.15) is 28.4 Å². The van der Waals surface area contributed by atoms with Crippen molar-refractivity contribution in [2.45, 2.75) is 44.2 Å². The molecule has 3 aromatic carbocycles. The summed E-state index contributed by atoms with van der Waals surface area (Å²) in [7, 11) is 0. The Kier molecular flexibility index (Phi) is 8.05. The Morgan fingerprint density at radius 2 is 1.25 bits per heavy atom. The van der Waals surface area contributed by atoms with Crippen molar-refractivity contribution in [1.82, 2.24) is 10.2 Å². The normalized spacial score (nSPS) is 21.6. The van der Waals surface area contributed by atoms with Crippen LogP contribution in [0.25, 0.3) is 0 Å². The van der Waals surface area contributed by atoms with Crippen LogP contribution in [-0.2, 0) is 38.8 Å². The van der Waals surface area contributed by atoms with Gasteiger partial charge in [-0.2, -0.15) is 5.10 Å². The van der Waals surface area contributed by atoms with Gasteiger partial charge in [0.1, 0.15) is 30.2 Å². The Morgan fingerprint density at radius 3 is 1.78 bits per heavy atom. The van der Waals surface area contributed by atoms with Crippen LogP contribution >= 0.6 is 0 Å². The molecule has 5 rings (SSSR count). The van der Waals surface area contributed by atoms with Gasteiger partial charge in [0.15, 0.2) is 0 Å². The fourth-order valence-electron chi connectivity index (χ4n) is 4.43. The van der Waals surface area contributed by atoms with Crippen molar-refractivity contribution in [1.29, 1.82) is 0 Å². The van der Waals surface area contributed by atoms with Crippen molar-refractivity contribution in [2.24, 2.45) is 0 Å². The fourth-order valence-corrected chi connectivity index (χ4v) is 4.43. The van der Waals surface area contributed by atoms with Crippen molar-refractivity contribution >= 4 is 5.82 Å². The van der Waals surface area contributed by atoms with E-state index in [2.05, 4.69) is 10.2 Å². The molecule has 2 heterocycles. The van der Waals surface area contributed by atoms with Gasteiger partial charge in [0.25, 0.3) is 0 Å². The van der Waals surface area contributed by atoms with E-state index in [0.29, 0.717) is 32.2 Å². The molecule has 1 aliphatic heterocycles. The molecule has 1 fully saturated rings. The molecule has 1 saturated heterocycles. The molecule has 7 nitrogen and oxygen atoms in total. The number of H-pyrrole nitrogens is 1. The quantitative estimate of drug-likeness (QED) is 0.317. The van der Waals surface area contributed by atoms with Gasteiger partial charge in [-0.25, -0.2) is 0 Å². The van der Waals surface area contributed by atoms with E-state index in [0.717, 1.165) is 22.3 Å². The Bertz CT molecular complexity index is 1190. The van der Waals surface area contributed by atoms with Crippen LogP contribution in [0.5, 0.6) is 0 Å². The van der Waals surface area contributed by atoms with Crippen LogP contribution < -0.4 is 5.73 Å². The van der Waals surface area contributed by atoms with Crippen molar-refractivity contribution in [2.75, 3.05) is 12.3 Å². The number of aromatic nitrogens is 2. The molecule has 4 aromatic rings. The molecule has 3 N–H and O–H groups in total. The number of nitrogen functional groups attached to an aromatic ring is 1. The molecule has 36 heavy (non-hydrogen) atoms. The zero-order valence-corrected chi connectivity index (χ0v) is 20.0. The largest absolute Gasteiger partial charge is 0.384 e. The number of hydrogen-bond donors (Lipinski definition) is 2. The number of benzene rings is 3. The van der Waals surface area contributed by atoms with Gasteiger partial charge in [-0.1, -0.05) is 91.0 Å². The van der Waals surface area contributed by atoms with Crippen LogP contribution in [0.3, 0.4) is 0 Å². The summed E-state index contributed by atoms with van der Waals surface area (Å²) in [6.45, 7) is 1.70. The van der Waals surface area contributed by atoms with Crippen molar-refractivity contribution < 1.29 is 18.9 Å². The van der Waals surface area contributed by atoms with Gasteiger partial charge in [0, 0.05) is 5.56 Å². The van der Waals surface area contributed by atoms with E-state index in [1.54, 1.807) is 6.20 Å². The Balaban J connectivity index is 1.36. The highest BCUT2D eigenvalue weighted by molar-refractivity contribution is 5.40. The lowest BCUT2D eigenvalue weighted by atomic mass is 10.0. The van der Waals surface area contributed by atoms with Crippen molar-refractivity contribution in [3.05, 3.63) is 119 Å². The van der Waals surface area contributed by atoms with Crippen molar-refractivity contribution in [3.8, 4) is 0 Å². The molecule has 186 valence electrons. The van der Waals surface area contributed by atoms with Gasteiger partial charge in [-0.05, 0) is 16.7 Å². The highest BCUT2D eigenvalue weighted by atomic mass is 16.6. The second kappa shape index (κ2) is 12.0. The minimum Gasteiger partial charge on any atom is -0.384 e. The summed E-state index contributed by atoms with van der Waals surface area (Å²) in [4.78, 5) is 0. The molecule has 3 unspecified atom stereocenters. The number of hydrogen-bond acceptors (Lipinski definition) is 6. The van der Waals surface area contributed by atoms with Crippen LogP contribution in [0, 0.1) is 0 Å². The molecule has 0 spiro atoms. The van der Waals surface area contributed by atoms with Crippen LogP contribution in [0.2, 0.25) is 0 Å². The maximum atomic E-state index is 6.51. The zero-order chi connectivity index (χ0) is 24.6. The smallest absolute Gasteiger partial charge is 0.124 e. The lowest BCUT2D eigenvalue weighted by Gasteiger charge is -2.25. The van der Waals surface area contributed by atoms with Crippen LogP contribution in [0.4, 0.5) is 5.82 Å². The summed E-state index contributed by atoms with van der Waals surface area (Å²) >= 11 is 0. The average Bonchev–Trinajstić information content (AvgIpc) is 3.50. The predicted octanol–water partition coefficient (Wildman–Crippen LogP) is 4.82. The maximum absolute atomic E-state index is 6.51. The molecule has 7 heteroatoms. The van der Waals surface area contributed by atoms with Gasteiger partial charge in [0.2, 0.25) is 0 Å². The molecule has 0 saturated carbocycles. The maximum Gasteiger partial charge on any atom is 0.124 e. The first-order valence-electron chi connectivity index (χ1n) is 12.1. The molecule has 0 bridgehead atoms. The molecule has 1 aliphatic rings. The number of rotatable bonds is 11. The van der Waals surface area contributed by atoms with Gasteiger partial charge in [-0.3, -0.25) is 5.10 Å². The average molecular weight is 486 g/mol. The Labute approximate surface area is 211 Å². The number of nitrogens with zero attached hydrogens (tertiary/aromatic N) is 1. The standard InChI is InChI=1S/C29H31N3O4/c30-29-24(16-31-32-29)26-28(35-19-23-14-8-3-9-15-23)27(34-18-22-12-6-2-7-13-22)25(36-26)20-33-17-21-10-4-1-5-11-21/h1-16,25-28H,17-20H2,(H3,30,31,32)/t25-,26?,27?,28?/m1/s1. The first kappa shape index (κ1) is 24.2. The minimum atomic E-state index is -0.446. The minimum absolute atomic E-state index is 0.350. The second-order valence-electron chi connectivity index (χ2n) is 8.86. The Morgan fingerprint density at radius 1 is 0.722 bits per heavy atom. The number of aromatic amines is 1. The fraction of sp³-hybridized carbons (Fsp3) is 0.276. The van der Waals surface area contributed by atoms with E-state index >= 15 is 0 Å². The zero-order valence-electron chi connectivity index (χ0n) is 20.0. The van der Waals surface area contributed by atoms with E-state index in [1.165, 1.54) is 0 Å². The van der Waals surface area contributed by atoms with Crippen LogP contribution in [0.15, 0.2) is 97.2 Å². The summed E-state index contributed by atoms with van der Waals surface area (Å²) in [6, 6.07) is 30.2. The highest BCUT2D eigenvalue weighted by Gasteiger charge is 2.48. The summed E-state index contributed by atoms with van der Waals surface area (Å²) in [6.07, 6.45) is 0.125. The molecular formula is C29H31N3O4. The summed E-state index contributed by atoms with van der Waals surface area (Å²) < 4.78 is 25.5. The Hall–Kier alpha value is -3.49. The first-order chi connectivity index (χ1) is 17.8. The summed E-state index contributed by atoms with van der Waals surface area (Å²) in [5.74, 6) is 0.459. The van der Waals surface area contributed by atoms with Gasteiger partial charge in [0.05, 0.1) is 32.6 Å². The number of ether oxygens (including phenoxy) is 4. The predicted molar refractivity (Wildman–Crippen MR) is 137 cm³/mol. The second-order valence-corrected chi connectivity index (χ2v) is 8.86. The third-order valence-electron chi connectivity index (χ3n) is 6.28. The summed E-state index contributed by atoms with van der Waals surface area (Å²) in [5, 5.41) is 6.92. The molecule has 0 radical (unpaired) electrons. The van der Waals surface area contributed by atoms with Crippen LogP contribution in [-0.4, -0.2) is 35.1 Å². The monoisotopic (exact) mass is 485 g/mol. The topological polar surface area (TPSA) is 91.6 Å². The SMILES string of the molecule is Nc1[nH]ncc1C1O[C@H](COCc2ccccc2)C(OCc2ccccc2)C1OCc1ccccc1. The van der Waals surface area contributed by atoms with Gasteiger partial charge < -0.3 is 24.7 Å². The third-order valence-corrected chi connectivity index (χ3v) is 6.28. The van der Waals surface area contributed by atoms with E-state index in [-0.39, 0.29) is 12.2 Å².